The Morgan fingerprint density at radius 3 is 2.66 bits per heavy atom. The third-order valence-electron chi connectivity index (χ3n) is 4.92. The van der Waals surface area contributed by atoms with E-state index in [0.29, 0.717) is 11.0 Å². The van der Waals surface area contributed by atoms with Gasteiger partial charge in [-0.15, -0.1) is 10.2 Å². The Balaban J connectivity index is 1.63. The van der Waals surface area contributed by atoms with Crippen LogP contribution in [0.2, 0.25) is 0 Å². The van der Waals surface area contributed by atoms with E-state index < -0.39 is 0 Å². The van der Waals surface area contributed by atoms with E-state index in [1.165, 1.54) is 22.9 Å². The van der Waals surface area contributed by atoms with Crippen molar-refractivity contribution in [3.05, 3.63) is 59.2 Å². The lowest BCUT2D eigenvalue weighted by Crippen LogP contribution is -2.28. The van der Waals surface area contributed by atoms with Crippen LogP contribution in [0.25, 0.3) is 11.4 Å². The van der Waals surface area contributed by atoms with Gasteiger partial charge in [0.1, 0.15) is 5.75 Å². The lowest BCUT2D eigenvalue weighted by atomic mass is 10.0. The molecule has 1 amide bonds. The van der Waals surface area contributed by atoms with Gasteiger partial charge in [0.25, 0.3) is 0 Å². The Bertz CT molecular complexity index is 1020. The number of amides is 1. The predicted molar refractivity (Wildman–Crippen MR) is 116 cm³/mol. The summed E-state index contributed by atoms with van der Waals surface area (Å²) in [7, 11) is 3.52. The van der Waals surface area contributed by atoms with Crippen molar-refractivity contribution in [1.29, 1.82) is 0 Å². The first-order valence-electron chi connectivity index (χ1n) is 9.42. The van der Waals surface area contributed by atoms with Crippen molar-refractivity contribution in [2.75, 3.05) is 12.9 Å². The second-order valence-corrected chi connectivity index (χ2v) is 7.93. The SMILES string of the molecule is COc1ccccc1-c1nnc(SCC(=O)N[C@H](C)c2ccc(C)c(C)c2)n1C. The highest BCUT2D eigenvalue weighted by Crippen LogP contribution is 2.30. The van der Waals surface area contributed by atoms with Crippen molar-refractivity contribution in [1.82, 2.24) is 20.1 Å². The smallest absolute Gasteiger partial charge is 0.230 e. The Morgan fingerprint density at radius 2 is 1.93 bits per heavy atom. The number of para-hydroxylation sites is 1. The monoisotopic (exact) mass is 410 g/mol. The van der Waals surface area contributed by atoms with E-state index in [1.54, 1.807) is 7.11 Å². The number of ether oxygens (including phenoxy) is 1. The average molecular weight is 411 g/mol. The van der Waals surface area contributed by atoms with E-state index in [1.807, 2.05) is 42.8 Å². The number of hydrogen-bond donors (Lipinski definition) is 1. The molecule has 0 radical (unpaired) electrons. The van der Waals surface area contributed by atoms with Crippen molar-refractivity contribution in [3.63, 3.8) is 0 Å². The van der Waals surface area contributed by atoms with Crippen molar-refractivity contribution >= 4 is 17.7 Å². The first-order valence-corrected chi connectivity index (χ1v) is 10.4. The number of benzene rings is 2. The number of carbonyl (C=O) groups excluding carboxylic acids is 1. The highest BCUT2D eigenvalue weighted by atomic mass is 32.2. The summed E-state index contributed by atoms with van der Waals surface area (Å²) in [6.45, 7) is 6.16. The molecule has 0 fully saturated rings. The van der Waals surface area contributed by atoms with Gasteiger partial charge in [-0.05, 0) is 49.6 Å². The van der Waals surface area contributed by atoms with Crippen LogP contribution < -0.4 is 10.1 Å². The zero-order valence-electron chi connectivity index (χ0n) is 17.4. The third-order valence-corrected chi connectivity index (χ3v) is 5.94. The molecule has 1 aromatic heterocycles. The van der Waals surface area contributed by atoms with Crippen LogP contribution in [-0.2, 0) is 11.8 Å². The molecule has 0 aliphatic rings. The second-order valence-electron chi connectivity index (χ2n) is 6.99. The van der Waals surface area contributed by atoms with Crippen molar-refractivity contribution in [3.8, 4) is 17.1 Å². The molecule has 6 nitrogen and oxygen atoms in total. The van der Waals surface area contributed by atoms with Gasteiger partial charge in [-0.2, -0.15) is 0 Å². The van der Waals surface area contributed by atoms with Gasteiger partial charge in [-0.1, -0.05) is 42.1 Å². The lowest BCUT2D eigenvalue weighted by Gasteiger charge is -2.15. The molecule has 152 valence electrons. The first-order chi connectivity index (χ1) is 13.9. The fourth-order valence-corrected chi connectivity index (χ4v) is 3.76. The van der Waals surface area contributed by atoms with Gasteiger partial charge >= 0.3 is 0 Å². The Kier molecular flexibility index (Phi) is 6.59. The molecule has 0 unspecified atom stereocenters. The largest absolute Gasteiger partial charge is 0.496 e. The zero-order valence-corrected chi connectivity index (χ0v) is 18.2. The fourth-order valence-electron chi connectivity index (χ4n) is 3.04. The summed E-state index contributed by atoms with van der Waals surface area (Å²) in [5, 5.41) is 12.3. The number of hydrogen-bond acceptors (Lipinski definition) is 5. The van der Waals surface area contributed by atoms with E-state index in [9.17, 15) is 4.79 Å². The summed E-state index contributed by atoms with van der Waals surface area (Å²) in [5.41, 5.74) is 4.44. The standard InChI is InChI=1S/C22H26N4O2S/c1-14-10-11-17(12-15(14)2)16(3)23-20(27)13-29-22-25-24-21(26(22)4)18-8-6-7-9-19(18)28-5/h6-12,16H,13H2,1-5H3,(H,23,27)/t16-/m1/s1. The van der Waals surface area contributed by atoms with Gasteiger partial charge in [0.05, 0.1) is 24.5 Å². The number of carbonyl (C=O) groups is 1. The maximum absolute atomic E-state index is 12.4. The molecule has 0 spiro atoms. The van der Waals surface area contributed by atoms with Gasteiger partial charge < -0.3 is 14.6 Å². The molecule has 1 N–H and O–H groups in total. The number of aryl methyl sites for hydroxylation is 2. The minimum atomic E-state index is -0.0500. The van der Waals surface area contributed by atoms with Crippen molar-refractivity contribution < 1.29 is 9.53 Å². The van der Waals surface area contributed by atoms with Crippen LogP contribution >= 0.6 is 11.8 Å². The van der Waals surface area contributed by atoms with Crippen LogP contribution in [0.3, 0.4) is 0 Å². The van der Waals surface area contributed by atoms with E-state index in [-0.39, 0.29) is 17.7 Å². The van der Waals surface area contributed by atoms with E-state index >= 15 is 0 Å². The van der Waals surface area contributed by atoms with Crippen LogP contribution in [0.1, 0.15) is 29.7 Å². The summed E-state index contributed by atoms with van der Waals surface area (Å²) in [4.78, 5) is 12.4. The molecule has 2 aromatic carbocycles. The molecule has 3 rings (SSSR count). The molecule has 7 heteroatoms. The van der Waals surface area contributed by atoms with Gasteiger partial charge in [-0.25, -0.2) is 0 Å². The molecule has 0 bridgehead atoms. The van der Waals surface area contributed by atoms with Crippen LogP contribution in [0, 0.1) is 13.8 Å². The number of rotatable bonds is 7. The zero-order chi connectivity index (χ0) is 21.0. The summed E-state index contributed by atoms with van der Waals surface area (Å²) < 4.78 is 7.29. The van der Waals surface area contributed by atoms with E-state index in [4.69, 9.17) is 4.74 Å². The molecule has 1 heterocycles. The predicted octanol–water partition coefficient (Wildman–Crippen LogP) is 4.08. The molecule has 0 saturated carbocycles. The molecular formula is C22H26N4O2S. The molecule has 1 atom stereocenters. The third kappa shape index (κ3) is 4.79. The van der Waals surface area contributed by atoms with Gasteiger partial charge in [0, 0.05) is 7.05 Å². The molecule has 0 aliphatic carbocycles. The second kappa shape index (κ2) is 9.13. The topological polar surface area (TPSA) is 69.0 Å². The molecule has 0 aliphatic heterocycles. The summed E-state index contributed by atoms with van der Waals surface area (Å²) in [6, 6.07) is 13.9. The van der Waals surface area contributed by atoms with E-state index in [2.05, 4.69) is 47.6 Å². The van der Waals surface area contributed by atoms with Gasteiger partial charge in [0.2, 0.25) is 5.91 Å². The highest BCUT2D eigenvalue weighted by molar-refractivity contribution is 7.99. The molecule has 0 saturated heterocycles. The summed E-state index contributed by atoms with van der Waals surface area (Å²) in [6.07, 6.45) is 0. The fraction of sp³-hybridized carbons (Fsp3) is 0.318. The maximum atomic E-state index is 12.4. The Labute approximate surface area is 175 Å². The quantitative estimate of drug-likeness (QED) is 0.595. The Hall–Kier alpha value is -2.80. The molecular weight excluding hydrogens is 384 g/mol. The lowest BCUT2D eigenvalue weighted by molar-refractivity contribution is -0.119. The average Bonchev–Trinajstić information content (AvgIpc) is 3.08. The van der Waals surface area contributed by atoms with Gasteiger partial charge in [0.15, 0.2) is 11.0 Å². The highest BCUT2D eigenvalue weighted by Gasteiger charge is 2.17. The minimum Gasteiger partial charge on any atom is -0.496 e. The van der Waals surface area contributed by atoms with E-state index in [0.717, 1.165) is 16.9 Å². The number of aromatic nitrogens is 3. The maximum Gasteiger partial charge on any atom is 0.230 e. The van der Waals surface area contributed by atoms with Crippen LogP contribution in [0.5, 0.6) is 5.75 Å². The Morgan fingerprint density at radius 1 is 1.17 bits per heavy atom. The van der Waals surface area contributed by atoms with Crippen LogP contribution in [-0.4, -0.2) is 33.5 Å². The number of methoxy groups -OCH3 is 1. The normalized spacial score (nSPS) is 11.9. The van der Waals surface area contributed by atoms with Crippen molar-refractivity contribution in [2.24, 2.45) is 7.05 Å². The van der Waals surface area contributed by atoms with Crippen LogP contribution in [0.4, 0.5) is 0 Å². The molecule has 3 aromatic rings. The minimum absolute atomic E-state index is 0.0393. The number of nitrogens with zero attached hydrogens (tertiary/aromatic N) is 3. The van der Waals surface area contributed by atoms with Gasteiger partial charge in [-0.3, -0.25) is 4.79 Å². The summed E-state index contributed by atoms with van der Waals surface area (Å²) >= 11 is 1.36. The molecule has 29 heavy (non-hydrogen) atoms. The number of nitrogens with one attached hydrogen (secondary N) is 1. The summed E-state index contributed by atoms with van der Waals surface area (Å²) in [5.74, 6) is 1.67. The van der Waals surface area contributed by atoms with Crippen LogP contribution in [0.15, 0.2) is 47.6 Å². The van der Waals surface area contributed by atoms with Crippen molar-refractivity contribution in [2.45, 2.75) is 32.0 Å². The first kappa shape index (κ1) is 20.9. The number of thioether (sulfide) groups is 1.